The summed E-state index contributed by atoms with van der Waals surface area (Å²) in [6, 6.07) is 0.264. The molecule has 0 unspecified atom stereocenters. The number of hydrogen-bond donors (Lipinski definition) is 1. The lowest BCUT2D eigenvalue weighted by Crippen LogP contribution is -2.35. The Kier molecular flexibility index (Phi) is 3.33. The number of nitrogens with one attached hydrogen (secondary N) is 1. The maximum absolute atomic E-state index is 11.8. The summed E-state index contributed by atoms with van der Waals surface area (Å²) in [5.74, 6) is 0.111. The zero-order chi connectivity index (χ0) is 10.7. The summed E-state index contributed by atoms with van der Waals surface area (Å²) in [7, 11) is 0. The van der Waals surface area contributed by atoms with Crippen molar-refractivity contribution in [2.45, 2.75) is 26.8 Å². The highest BCUT2D eigenvalue weighted by molar-refractivity contribution is 5.96. The molecule has 1 N–H and O–H groups in total. The summed E-state index contributed by atoms with van der Waals surface area (Å²) in [4.78, 5) is 13.7. The minimum absolute atomic E-state index is 0.111. The van der Waals surface area contributed by atoms with E-state index < -0.39 is 0 Å². The smallest absolute Gasteiger partial charge is 0.270 e. The van der Waals surface area contributed by atoms with Gasteiger partial charge in [-0.05, 0) is 26.3 Å². The lowest BCUT2D eigenvalue weighted by atomic mass is 10.3. The van der Waals surface area contributed by atoms with Gasteiger partial charge in [-0.1, -0.05) is 6.08 Å². The normalized spacial score (nSPS) is 16.9. The van der Waals surface area contributed by atoms with Gasteiger partial charge in [-0.2, -0.15) is 0 Å². The van der Waals surface area contributed by atoms with Gasteiger partial charge in [0.2, 0.25) is 0 Å². The van der Waals surface area contributed by atoms with Crippen LogP contribution in [0.15, 0.2) is 23.9 Å². The third kappa shape index (κ3) is 1.97. The van der Waals surface area contributed by atoms with Gasteiger partial charge >= 0.3 is 0 Å². The summed E-state index contributed by atoms with van der Waals surface area (Å²) >= 11 is 0. The van der Waals surface area contributed by atoms with Gasteiger partial charge in [0.1, 0.15) is 5.70 Å². The van der Waals surface area contributed by atoms with Gasteiger partial charge in [0.15, 0.2) is 0 Å². The zero-order valence-electron chi connectivity index (χ0n) is 9.13. The fourth-order valence-corrected chi connectivity index (χ4v) is 1.55. The van der Waals surface area contributed by atoms with Crippen LogP contribution in [0.4, 0.5) is 0 Å². The van der Waals surface area contributed by atoms with Crippen LogP contribution in [-0.2, 0) is 4.79 Å². The van der Waals surface area contributed by atoms with Gasteiger partial charge in [0.25, 0.3) is 5.91 Å². The summed E-state index contributed by atoms with van der Waals surface area (Å²) < 4.78 is 0. The molecule has 1 heterocycles. The molecule has 1 aliphatic heterocycles. The summed E-state index contributed by atoms with van der Waals surface area (Å²) in [6.07, 6.45) is 1.76. The predicted octanol–water partition coefficient (Wildman–Crippen LogP) is 1.29. The molecule has 0 radical (unpaired) electrons. The second kappa shape index (κ2) is 4.31. The van der Waals surface area contributed by atoms with Gasteiger partial charge < -0.3 is 10.2 Å². The van der Waals surface area contributed by atoms with E-state index in [0.29, 0.717) is 6.54 Å². The van der Waals surface area contributed by atoms with Gasteiger partial charge in [0, 0.05) is 19.1 Å². The Balaban J connectivity index is 2.71. The molecule has 0 aromatic heterocycles. The van der Waals surface area contributed by atoms with E-state index in [4.69, 9.17) is 0 Å². The minimum atomic E-state index is 0.111. The second-order valence-electron chi connectivity index (χ2n) is 3.85. The number of carbonyl (C=O) groups is 1. The highest BCUT2D eigenvalue weighted by Gasteiger charge is 2.29. The van der Waals surface area contributed by atoms with Crippen molar-refractivity contribution in [2.75, 3.05) is 13.1 Å². The van der Waals surface area contributed by atoms with Crippen LogP contribution in [0, 0.1) is 0 Å². The van der Waals surface area contributed by atoms with Crippen LogP contribution < -0.4 is 5.32 Å². The molecular weight excluding hydrogens is 176 g/mol. The predicted molar refractivity (Wildman–Crippen MR) is 57.7 cm³/mol. The minimum Gasteiger partial charge on any atom is -0.377 e. The Labute approximate surface area is 85.5 Å². The number of hydrogen-bond acceptors (Lipinski definition) is 2. The van der Waals surface area contributed by atoms with Crippen LogP contribution in [0.3, 0.4) is 0 Å². The molecule has 0 atom stereocenters. The number of carbonyl (C=O) groups excluding carboxylic acids is 1. The molecule has 0 aliphatic carbocycles. The summed E-state index contributed by atoms with van der Waals surface area (Å²) in [6.45, 7) is 11.1. The first kappa shape index (κ1) is 10.8. The van der Waals surface area contributed by atoms with Crippen molar-refractivity contribution in [2.24, 2.45) is 0 Å². The molecule has 14 heavy (non-hydrogen) atoms. The maximum atomic E-state index is 11.8. The number of rotatable bonds is 4. The molecule has 78 valence electrons. The first-order valence-corrected chi connectivity index (χ1v) is 4.93. The quantitative estimate of drug-likeness (QED) is 0.684. The van der Waals surface area contributed by atoms with Crippen molar-refractivity contribution in [3.05, 3.63) is 23.9 Å². The van der Waals surface area contributed by atoms with Crippen LogP contribution >= 0.6 is 0 Å². The highest BCUT2D eigenvalue weighted by Crippen LogP contribution is 2.18. The van der Waals surface area contributed by atoms with Gasteiger partial charge in [-0.25, -0.2) is 0 Å². The van der Waals surface area contributed by atoms with E-state index in [9.17, 15) is 4.79 Å². The average Bonchev–Trinajstić information content (AvgIpc) is 2.40. The van der Waals surface area contributed by atoms with Crippen molar-refractivity contribution in [1.82, 2.24) is 10.2 Å². The average molecular weight is 194 g/mol. The number of nitrogens with zero attached hydrogens (tertiary/aromatic N) is 1. The van der Waals surface area contributed by atoms with E-state index >= 15 is 0 Å². The molecule has 0 spiro atoms. The molecule has 0 aromatic rings. The lowest BCUT2D eigenvalue weighted by Gasteiger charge is -2.21. The van der Waals surface area contributed by atoms with Crippen molar-refractivity contribution < 1.29 is 4.79 Å². The summed E-state index contributed by atoms with van der Waals surface area (Å²) in [5, 5.41) is 3.09. The van der Waals surface area contributed by atoms with Crippen LogP contribution in [0.2, 0.25) is 0 Å². The van der Waals surface area contributed by atoms with E-state index in [1.165, 1.54) is 0 Å². The third-order valence-corrected chi connectivity index (χ3v) is 2.36. The van der Waals surface area contributed by atoms with Gasteiger partial charge in [-0.3, -0.25) is 4.79 Å². The monoisotopic (exact) mass is 194 g/mol. The topological polar surface area (TPSA) is 32.3 Å². The molecule has 3 nitrogen and oxygen atoms in total. The first-order valence-electron chi connectivity index (χ1n) is 4.93. The van der Waals surface area contributed by atoms with Crippen molar-refractivity contribution >= 4 is 5.91 Å². The molecule has 0 saturated heterocycles. The Hall–Kier alpha value is -1.25. The van der Waals surface area contributed by atoms with Crippen molar-refractivity contribution in [3.63, 3.8) is 0 Å². The van der Waals surface area contributed by atoms with Crippen LogP contribution in [-0.4, -0.2) is 29.9 Å². The molecule has 0 saturated carbocycles. The molecule has 3 heteroatoms. The Morgan fingerprint density at radius 1 is 1.64 bits per heavy atom. The first-order chi connectivity index (χ1) is 6.57. The van der Waals surface area contributed by atoms with Crippen LogP contribution in [0.1, 0.15) is 20.8 Å². The second-order valence-corrected chi connectivity index (χ2v) is 3.85. The Morgan fingerprint density at radius 2 is 2.29 bits per heavy atom. The summed E-state index contributed by atoms with van der Waals surface area (Å²) in [5.41, 5.74) is 1.86. The Morgan fingerprint density at radius 3 is 2.71 bits per heavy atom. The SMILES string of the molecule is C=CCNC1=C(C)CN(C(C)C)C1=O. The van der Waals surface area contributed by atoms with E-state index in [1.807, 2.05) is 25.7 Å². The van der Waals surface area contributed by atoms with Crippen LogP contribution in [0.25, 0.3) is 0 Å². The highest BCUT2D eigenvalue weighted by atomic mass is 16.2. The van der Waals surface area contributed by atoms with Crippen molar-refractivity contribution in [1.29, 1.82) is 0 Å². The maximum Gasteiger partial charge on any atom is 0.270 e. The Bertz CT molecular complexity index is 279. The van der Waals surface area contributed by atoms with Crippen LogP contribution in [0.5, 0.6) is 0 Å². The third-order valence-electron chi connectivity index (χ3n) is 2.36. The zero-order valence-corrected chi connectivity index (χ0v) is 9.13. The van der Waals surface area contributed by atoms with E-state index in [-0.39, 0.29) is 11.9 Å². The largest absolute Gasteiger partial charge is 0.377 e. The standard InChI is InChI=1S/C11H18N2O/c1-5-6-12-10-9(4)7-13(8(2)3)11(10)14/h5,8,12H,1,6-7H2,2-4H3. The molecule has 1 rings (SSSR count). The molecule has 1 amide bonds. The van der Waals surface area contributed by atoms with Gasteiger partial charge in [0.05, 0.1) is 0 Å². The number of amides is 1. The molecular formula is C11H18N2O. The fourth-order valence-electron chi connectivity index (χ4n) is 1.55. The van der Waals surface area contributed by atoms with E-state index in [0.717, 1.165) is 17.8 Å². The molecule has 0 aromatic carbocycles. The fraction of sp³-hybridized carbons (Fsp3) is 0.545. The van der Waals surface area contributed by atoms with E-state index in [2.05, 4.69) is 11.9 Å². The molecule has 0 bridgehead atoms. The lowest BCUT2D eigenvalue weighted by molar-refractivity contribution is -0.127. The molecule has 0 fully saturated rings. The van der Waals surface area contributed by atoms with Gasteiger partial charge in [-0.15, -0.1) is 6.58 Å². The van der Waals surface area contributed by atoms with Crippen molar-refractivity contribution in [3.8, 4) is 0 Å². The van der Waals surface area contributed by atoms with E-state index in [1.54, 1.807) is 6.08 Å². The molecule has 1 aliphatic rings.